The second-order valence-electron chi connectivity index (χ2n) is 16.3. The van der Waals surface area contributed by atoms with Gasteiger partial charge in [-0.3, -0.25) is 0 Å². The summed E-state index contributed by atoms with van der Waals surface area (Å²) < 4.78 is 7.11. The van der Waals surface area contributed by atoms with Crippen LogP contribution in [0.25, 0.3) is 0 Å². The molecule has 0 heterocycles. The highest BCUT2D eigenvalue weighted by atomic mass is 16.5. The van der Waals surface area contributed by atoms with Crippen LogP contribution in [0.4, 0.5) is 0 Å². The van der Waals surface area contributed by atoms with Crippen LogP contribution in [0.1, 0.15) is 95.2 Å². The van der Waals surface area contributed by atoms with Gasteiger partial charge in [0.1, 0.15) is 5.60 Å². The summed E-state index contributed by atoms with van der Waals surface area (Å²) in [5.41, 5.74) is 2.62. The van der Waals surface area contributed by atoms with Crippen molar-refractivity contribution in [3.63, 3.8) is 0 Å². The summed E-state index contributed by atoms with van der Waals surface area (Å²) in [6.45, 7) is 7.80. The fourth-order valence-electron chi connectivity index (χ4n) is 11.7. The lowest BCUT2D eigenvalue weighted by Gasteiger charge is -2.63. The first-order chi connectivity index (χ1) is 22.7. The molecule has 0 unspecified atom stereocenters. The Morgan fingerprint density at radius 1 is 0.745 bits per heavy atom. The van der Waals surface area contributed by atoms with Crippen molar-refractivity contribution in [2.45, 2.75) is 102 Å². The summed E-state index contributed by atoms with van der Waals surface area (Å²) in [4.78, 5) is 0. The molecule has 0 aromatic heterocycles. The highest BCUT2D eigenvalue weighted by Crippen LogP contribution is 2.68. The van der Waals surface area contributed by atoms with Gasteiger partial charge in [0.2, 0.25) is 0 Å². The van der Waals surface area contributed by atoms with E-state index in [1.54, 1.807) is 0 Å². The van der Waals surface area contributed by atoms with E-state index in [2.05, 4.69) is 112 Å². The van der Waals surface area contributed by atoms with Gasteiger partial charge in [0, 0.05) is 6.61 Å². The topological polar surface area (TPSA) is 69.9 Å². The maximum atomic E-state index is 12.0. The minimum absolute atomic E-state index is 0.106. The maximum Gasteiger partial charge on any atom is 0.143 e. The van der Waals surface area contributed by atoms with E-state index in [-0.39, 0.29) is 35.1 Å². The van der Waals surface area contributed by atoms with E-state index in [1.165, 1.54) is 0 Å². The Bertz CT molecular complexity index is 1360. The van der Waals surface area contributed by atoms with Crippen molar-refractivity contribution in [3.05, 3.63) is 108 Å². The molecule has 252 valence electrons. The van der Waals surface area contributed by atoms with Gasteiger partial charge in [-0.2, -0.15) is 0 Å². The van der Waals surface area contributed by atoms with Crippen molar-refractivity contribution in [3.8, 4) is 0 Å². The number of rotatable bonds is 9. The van der Waals surface area contributed by atoms with E-state index in [4.69, 9.17) is 4.74 Å². The van der Waals surface area contributed by atoms with Crippen LogP contribution in [0.5, 0.6) is 0 Å². The zero-order valence-electron chi connectivity index (χ0n) is 28.7. The van der Waals surface area contributed by atoms with Gasteiger partial charge in [-0.25, -0.2) is 0 Å². The Kier molecular flexibility index (Phi) is 9.19. The summed E-state index contributed by atoms with van der Waals surface area (Å²) in [5.74, 6) is 2.17. The highest BCUT2D eigenvalue weighted by molar-refractivity contribution is 5.47. The standard InChI is InChI=1S/C43H56O4/c1-29(14-13-25-47-43(30-15-7-4-8-16-30,31-17-9-5-10-18-31)32-19-11-6-12-20-32)35-21-22-36-40-37(28-39(46)42(35,36)3)41(2)24-23-34(44)26-33(41)27-38(40)45/h4-12,15-20,29,33-40,44-46H,13-14,21-28H2,1-3H3/t29-,33+,34-,35-,36+,37+,38-,39+,40+,41+,42-/m1/s1. The first-order valence-electron chi connectivity index (χ1n) is 18.5. The molecule has 3 aromatic rings. The van der Waals surface area contributed by atoms with Gasteiger partial charge < -0.3 is 20.1 Å². The molecule has 0 radical (unpaired) electrons. The number of benzene rings is 3. The largest absolute Gasteiger partial charge is 0.393 e. The summed E-state index contributed by atoms with van der Waals surface area (Å²) >= 11 is 0. The third-order valence-electron chi connectivity index (χ3n) is 14.2. The molecule has 3 N–H and O–H groups in total. The number of aliphatic hydroxyl groups excluding tert-OH is 3. The molecule has 4 nitrogen and oxygen atoms in total. The normalized spacial score (nSPS) is 37.4. The van der Waals surface area contributed by atoms with Crippen LogP contribution in [0, 0.1) is 46.3 Å². The molecular formula is C43H56O4. The monoisotopic (exact) mass is 636 g/mol. The summed E-state index contributed by atoms with van der Waals surface area (Å²) in [6.07, 6.45) is 7.55. The second-order valence-corrected chi connectivity index (χ2v) is 16.3. The number of aliphatic hydroxyl groups is 3. The molecule has 4 aliphatic rings. The smallest absolute Gasteiger partial charge is 0.143 e. The van der Waals surface area contributed by atoms with Crippen molar-refractivity contribution >= 4 is 0 Å². The number of fused-ring (bicyclic) bond motifs is 5. The quantitative estimate of drug-likeness (QED) is 0.163. The molecule has 0 spiro atoms. The van der Waals surface area contributed by atoms with Gasteiger partial charge in [-0.1, -0.05) is 112 Å². The van der Waals surface area contributed by atoms with Crippen LogP contribution < -0.4 is 0 Å². The maximum absolute atomic E-state index is 12.0. The predicted molar refractivity (Wildman–Crippen MR) is 188 cm³/mol. The Labute approximate surface area is 282 Å². The van der Waals surface area contributed by atoms with Crippen molar-refractivity contribution < 1.29 is 20.1 Å². The van der Waals surface area contributed by atoms with Crippen LogP contribution in [0.2, 0.25) is 0 Å². The number of hydrogen-bond donors (Lipinski definition) is 3. The highest BCUT2D eigenvalue weighted by Gasteiger charge is 2.65. The van der Waals surface area contributed by atoms with Gasteiger partial charge in [0.15, 0.2) is 0 Å². The first-order valence-corrected chi connectivity index (χ1v) is 18.5. The average Bonchev–Trinajstić information content (AvgIpc) is 3.45. The van der Waals surface area contributed by atoms with E-state index >= 15 is 0 Å². The summed E-state index contributed by atoms with van der Waals surface area (Å²) in [6, 6.07) is 31.8. The lowest BCUT2D eigenvalue weighted by atomic mass is 9.43. The molecular weight excluding hydrogens is 580 g/mol. The van der Waals surface area contributed by atoms with Crippen LogP contribution in [-0.4, -0.2) is 40.2 Å². The molecule has 0 bridgehead atoms. The predicted octanol–water partition coefficient (Wildman–Crippen LogP) is 8.37. The molecule has 11 atom stereocenters. The van der Waals surface area contributed by atoms with Crippen LogP contribution >= 0.6 is 0 Å². The molecule has 0 aliphatic heterocycles. The van der Waals surface area contributed by atoms with Crippen LogP contribution in [-0.2, 0) is 10.3 Å². The first kappa shape index (κ1) is 33.0. The zero-order chi connectivity index (χ0) is 32.8. The number of hydrogen-bond acceptors (Lipinski definition) is 4. The van der Waals surface area contributed by atoms with Crippen molar-refractivity contribution in [1.82, 2.24) is 0 Å². The second kappa shape index (κ2) is 13.1. The fourth-order valence-corrected chi connectivity index (χ4v) is 11.7. The van der Waals surface area contributed by atoms with E-state index in [1.807, 2.05) is 0 Å². The molecule has 4 fully saturated rings. The molecule has 4 saturated carbocycles. The molecule has 7 rings (SSSR count). The van der Waals surface area contributed by atoms with Gasteiger partial charge in [-0.05, 0) is 121 Å². The van der Waals surface area contributed by atoms with Gasteiger partial charge >= 0.3 is 0 Å². The van der Waals surface area contributed by atoms with Crippen LogP contribution in [0.15, 0.2) is 91.0 Å². The van der Waals surface area contributed by atoms with E-state index < -0.39 is 5.60 Å². The zero-order valence-corrected chi connectivity index (χ0v) is 28.7. The van der Waals surface area contributed by atoms with E-state index in [0.29, 0.717) is 36.2 Å². The number of ether oxygens (including phenoxy) is 1. The minimum Gasteiger partial charge on any atom is -0.393 e. The Morgan fingerprint density at radius 2 is 1.32 bits per heavy atom. The minimum atomic E-state index is -0.702. The SMILES string of the molecule is C[C@H](CCCOC(c1ccccc1)(c1ccccc1)c1ccccc1)[C@H]1CC[C@H]2[C@@H]3[C@H](O)C[C@@H]4C[C@H](O)CC[C@]4(C)[C@H]3C[C@H](O)[C@]12C. The van der Waals surface area contributed by atoms with E-state index in [9.17, 15) is 15.3 Å². The lowest BCUT2D eigenvalue weighted by Crippen LogP contribution is -2.62. The molecule has 3 aromatic carbocycles. The fraction of sp³-hybridized carbons (Fsp3) is 0.581. The third-order valence-corrected chi connectivity index (χ3v) is 14.2. The van der Waals surface area contributed by atoms with Gasteiger partial charge in [-0.15, -0.1) is 0 Å². The molecule has 4 aliphatic carbocycles. The van der Waals surface area contributed by atoms with Crippen molar-refractivity contribution in [1.29, 1.82) is 0 Å². The molecule has 0 amide bonds. The molecule has 4 heteroatoms. The summed E-state index contributed by atoms with van der Waals surface area (Å²) in [7, 11) is 0. The molecule has 47 heavy (non-hydrogen) atoms. The van der Waals surface area contributed by atoms with Gasteiger partial charge in [0.25, 0.3) is 0 Å². The van der Waals surface area contributed by atoms with Crippen molar-refractivity contribution in [2.75, 3.05) is 6.61 Å². The Morgan fingerprint density at radius 3 is 1.89 bits per heavy atom. The average molecular weight is 637 g/mol. The lowest BCUT2D eigenvalue weighted by molar-refractivity contribution is -0.207. The van der Waals surface area contributed by atoms with E-state index in [0.717, 1.165) is 74.5 Å². The molecule has 0 saturated heterocycles. The van der Waals surface area contributed by atoms with Crippen LogP contribution in [0.3, 0.4) is 0 Å². The van der Waals surface area contributed by atoms with Crippen molar-refractivity contribution in [2.24, 2.45) is 46.3 Å². The third kappa shape index (κ3) is 5.52. The van der Waals surface area contributed by atoms with Gasteiger partial charge in [0.05, 0.1) is 18.3 Å². The Balaban J connectivity index is 1.08. The summed E-state index contributed by atoms with van der Waals surface area (Å²) in [5, 5.41) is 34.2. The Hall–Kier alpha value is -2.50.